The molecule has 2 heterocycles. The number of hydrogen-bond acceptors (Lipinski definition) is 3. The van der Waals surface area contributed by atoms with Crippen LogP contribution in [0.15, 0.2) is 42.5 Å². The summed E-state index contributed by atoms with van der Waals surface area (Å²) in [5.41, 5.74) is 5.53. The maximum atomic E-state index is 11.5. The van der Waals surface area contributed by atoms with Gasteiger partial charge in [0.1, 0.15) is 0 Å². The van der Waals surface area contributed by atoms with Crippen LogP contribution in [0, 0.1) is 6.92 Å². The molecule has 26 heavy (non-hydrogen) atoms. The summed E-state index contributed by atoms with van der Waals surface area (Å²) in [6, 6.07) is 15.2. The summed E-state index contributed by atoms with van der Waals surface area (Å²) in [4.78, 5) is 13.5. The van der Waals surface area contributed by atoms with Crippen molar-refractivity contribution >= 4 is 22.5 Å². The lowest BCUT2D eigenvalue weighted by Gasteiger charge is -2.32. The Morgan fingerprint density at radius 1 is 1.15 bits per heavy atom. The molecule has 5 nitrogen and oxygen atoms in total. The van der Waals surface area contributed by atoms with Crippen molar-refractivity contribution in [1.29, 1.82) is 0 Å². The molecular formula is C21H24N4O. The molecule has 2 aromatic carbocycles. The van der Waals surface area contributed by atoms with Gasteiger partial charge in [-0.2, -0.15) is 5.10 Å². The number of anilines is 1. The summed E-state index contributed by atoms with van der Waals surface area (Å²) in [5, 5.41) is 12.4. The number of aromatic amines is 1. The molecule has 1 aromatic heterocycles. The van der Waals surface area contributed by atoms with Crippen molar-refractivity contribution in [2.45, 2.75) is 32.7 Å². The summed E-state index contributed by atoms with van der Waals surface area (Å²) in [7, 11) is 0. The molecule has 4 rings (SSSR count). The summed E-state index contributed by atoms with van der Waals surface area (Å²) in [6.45, 7) is 5.31. The predicted molar refractivity (Wildman–Crippen MR) is 105 cm³/mol. The lowest BCUT2D eigenvalue weighted by atomic mass is 10.00. The van der Waals surface area contributed by atoms with Crippen molar-refractivity contribution in [2.24, 2.45) is 0 Å². The Morgan fingerprint density at radius 2 is 1.88 bits per heavy atom. The summed E-state index contributed by atoms with van der Waals surface area (Å²) in [6.07, 6.45) is 1.92. The fourth-order valence-electron chi connectivity index (χ4n) is 3.72. The van der Waals surface area contributed by atoms with Gasteiger partial charge in [-0.3, -0.25) is 9.89 Å². The lowest BCUT2D eigenvalue weighted by Crippen LogP contribution is -2.41. The van der Waals surface area contributed by atoms with E-state index in [1.807, 2.05) is 17.9 Å². The average molecular weight is 348 g/mol. The number of carbonyl (C=O) groups is 1. The average Bonchev–Trinajstić information content (AvgIpc) is 3.04. The van der Waals surface area contributed by atoms with Crippen LogP contribution >= 0.6 is 0 Å². The van der Waals surface area contributed by atoms with Gasteiger partial charge in [0.2, 0.25) is 5.91 Å². The van der Waals surface area contributed by atoms with Gasteiger partial charge in [-0.05, 0) is 43.0 Å². The third-order valence-electron chi connectivity index (χ3n) is 5.27. The second-order valence-electron chi connectivity index (χ2n) is 7.05. The molecule has 0 radical (unpaired) electrons. The number of aromatic nitrogens is 2. The van der Waals surface area contributed by atoms with Crippen LogP contribution < -0.4 is 5.32 Å². The Balaban J connectivity index is 1.65. The minimum Gasteiger partial charge on any atom is -0.380 e. The quantitative estimate of drug-likeness (QED) is 0.753. The van der Waals surface area contributed by atoms with Gasteiger partial charge < -0.3 is 10.2 Å². The fraction of sp³-hybridized carbons (Fsp3) is 0.333. The molecular weight excluding hydrogens is 324 g/mol. The third-order valence-corrected chi connectivity index (χ3v) is 5.27. The molecule has 2 N–H and O–H groups in total. The van der Waals surface area contributed by atoms with Crippen LogP contribution in [0.1, 0.15) is 25.5 Å². The molecule has 1 amide bonds. The Hall–Kier alpha value is -2.82. The topological polar surface area (TPSA) is 61.0 Å². The van der Waals surface area contributed by atoms with Crippen molar-refractivity contribution < 1.29 is 4.79 Å². The first-order valence-electron chi connectivity index (χ1n) is 9.18. The van der Waals surface area contributed by atoms with Crippen LogP contribution in [0.25, 0.3) is 22.0 Å². The number of piperidine rings is 1. The molecule has 3 aromatic rings. The van der Waals surface area contributed by atoms with E-state index in [1.54, 1.807) is 6.92 Å². The zero-order valence-electron chi connectivity index (χ0n) is 15.2. The normalized spacial score (nSPS) is 15.4. The van der Waals surface area contributed by atoms with E-state index in [2.05, 4.69) is 51.9 Å². The predicted octanol–water partition coefficient (Wildman–Crippen LogP) is 3.96. The van der Waals surface area contributed by atoms with Crippen LogP contribution in [-0.2, 0) is 4.79 Å². The van der Waals surface area contributed by atoms with Gasteiger partial charge in [-0.1, -0.05) is 30.3 Å². The van der Waals surface area contributed by atoms with Gasteiger partial charge in [0.05, 0.1) is 16.9 Å². The molecule has 0 bridgehead atoms. The van der Waals surface area contributed by atoms with Crippen molar-refractivity contribution in [3.63, 3.8) is 0 Å². The molecule has 0 spiro atoms. The Morgan fingerprint density at radius 3 is 2.58 bits per heavy atom. The molecule has 0 saturated carbocycles. The number of benzene rings is 2. The zero-order chi connectivity index (χ0) is 18.1. The third kappa shape index (κ3) is 3.17. The van der Waals surface area contributed by atoms with Crippen LogP contribution in [0.3, 0.4) is 0 Å². The van der Waals surface area contributed by atoms with Gasteiger partial charge in [0, 0.05) is 31.4 Å². The SMILES string of the molecule is CC(=O)N1CCC(Nc2cc(-c3ccccc3)cc3c(C)n[nH]c23)CC1. The number of H-pyrrole nitrogens is 1. The number of aryl methyl sites for hydroxylation is 1. The second kappa shape index (κ2) is 6.83. The molecule has 1 aliphatic heterocycles. The summed E-state index contributed by atoms with van der Waals surface area (Å²) in [5.74, 6) is 0.168. The highest BCUT2D eigenvalue weighted by Crippen LogP contribution is 2.32. The van der Waals surface area contributed by atoms with Crippen molar-refractivity contribution in [3.8, 4) is 11.1 Å². The fourth-order valence-corrected chi connectivity index (χ4v) is 3.72. The van der Waals surface area contributed by atoms with E-state index in [4.69, 9.17) is 0 Å². The van der Waals surface area contributed by atoms with E-state index in [0.717, 1.165) is 48.2 Å². The maximum Gasteiger partial charge on any atom is 0.219 e. The Bertz CT molecular complexity index is 924. The number of hydrogen-bond donors (Lipinski definition) is 2. The summed E-state index contributed by atoms with van der Waals surface area (Å²) < 4.78 is 0. The molecule has 134 valence electrons. The standard InChI is InChI=1S/C21H24N4O/c1-14-19-12-17(16-6-4-3-5-7-16)13-20(21(19)24-23-14)22-18-8-10-25(11-9-18)15(2)26/h3-7,12-13,18,22H,8-11H2,1-2H3,(H,23,24). The first-order chi connectivity index (χ1) is 12.6. The van der Waals surface area contributed by atoms with Gasteiger partial charge in [-0.25, -0.2) is 0 Å². The highest BCUT2D eigenvalue weighted by molar-refractivity contribution is 5.96. The van der Waals surface area contributed by atoms with Crippen LogP contribution in [0.5, 0.6) is 0 Å². The largest absolute Gasteiger partial charge is 0.380 e. The van der Waals surface area contributed by atoms with E-state index in [-0.39, 0.29) is 5.91 Å². The van der Waals surface area contributed by atoms with Crippen molar-refractivity contribution in [1.82, 2.24) is 15.1 Å². The van der Waals surface area contributed by atoms with Crippen LogP contribution in [0.2, 0.25) is 0 Å². The molecule has 0 atom stereocenters. The van der Waals surface area contributed by atoms with E-state index >= 15 is 0 Å². The number of fused-ring (bicyclic) bond motifs is 1. The number of likely N-dealkylation sites (tertiary alicyclic amines) is 1. The second-order valence-corrected chi connectivity index (χ2v) is 7.05. The Kier molecular flexibility index (Phi) is 4.37. The van der Waals surface area contributed by atoms with E-state index < -0.39 is 0 Å². The molecule has 1 saturated heterocycles. The highest BCUT2D eigenvalue weighted by atomic mass is 16.2. The van der Waals surface area contributed by atoms with Crippen molar-refractivity contribution in [2.75, 3.05) is 18.4 Å². The summed E-state index contributed by atoms with van der Waals surface area (Å²) >= 11 is 0. The van der Waals surface area contributed by atoms with Gasteiger partial charge >= 0.3 is 0 Å². The zero-order valence-corrected chi connectivity index (χ0v) is 15.2. The number of amides is 1. The molecule has 0 unspecified atom stereocenters. The van der Waals surface area contributed by atoms with E-state index in [9.17, 15) is 4.79 Å². The maximum absolute atomic E-state index is 11.5. The monoisotopic (exact) mass is 348 g/mol. The van der Waals surface area contributed by atoms with E-state index in [0.29, 0.717) is 6.04 Å². The number of carbonyl (C=O) groups excluding carboxylic acids is 1. The minimum atomic E-state index is 0.168. The Labute approximate surface area is 153 Å². The van der Waals surface area contributed by atoms with Gasteiger partial charge in [0.15, 0.2) is 0 Å². The number of rotatable bonds is 3. The van der Waals surface area contributed by atoms with Gasteiger partial charge in [-0.15, -0.1) is 0 Å². The van der Waals surface area contributed by atoms with Gasteiger partial charge in [0.25, 0.3) is 0 Å². The smallest absolute Gasteiger partial charge is 0.219 e. The van der Waals surface area contributed by atoms with Crippen molar-refractivity contribution in [3.05, 3.63) is 48.2 Å². The molecule has 1 aliphatic rings. The first kappa shape index (κ1) is 16.6. The first-order valence-corrected chi connectivity index (χ1v) is 9.18. The number of nitrogens with one attached hydrogen (secondary N) is 2. The highest BCUT2D eigenvalue weighted by Gasteiger charge is 2.21. The number of nitrogens with zero attached hydrogens (tertiary/aromatic N) is 2. The van der Waals surface area contributed by atoms with Crippen LogP contribution in [-0.4, -0.2) is 40.1 Å². The minimum absolute atomic E-state index is 0.168. The van der Waals surface area contributed by atoms with Crippen LogP contribution in [0.4, 0.5) is 5.69 Å². The lowest BCUT2D eigenvalue weighted by molar-refractivity contribution is -0.129. The molecule has 5 heteroatoms. The van der Waals surface area contributed by atoms with E-state index in [1.165, 1.54) is 11.1 Å². The molecule has 0 aliphatic carbocycles. The molecule has 1 fully saturated rings.